The van der Waals surface area contributed by atoms with E-state index in [1.165, 1.54) is 12.8 Å². The van der Waals surface area contributed by atoms with Crippen molar-refractivity contribution in [3.63, 3.8) is 0 Å². The lowest BCUT2D eigenvalue weighted by Crippen LogP contribution is -2.61. The molecule has 7 nitrogen and oxygen atoms in total. The highest BCUT2D eigenvalue weighted by Gasteiger charge is 2.55. The van der Waals surface area contributed by atoms with Gasteiger partial charge in [0.1, 0.15) is 16.9 Å². The maximum atomic E-state index is 13.6. The molecule has 34 heavy (non-hydrogen) atoms. The summed E-state index contributed by atoms with van der Waals surface area (Å²) in [6.07, 6.45) is 10.9. The van der Waals surface area contributed by atoms with Crippen molar-refractivity contribution >= 4 is 29.5 Å². The molecule has 5 aliphatic carbocycles. The second-order valence-electron chi connectivity index (χ2n) is 11.4. The molecule has 184 valence electrons. The Morgan fingerprint density at radius 3 is 2.47 bits per heavy atom. The Morgan fingerprint density at radius 2 is 1.79 bits per heavy atom. The third kappa shape index (κ3) is 4.11. The second-order valence-corrected chi connectivity index (χ2v) is 12.7. The number of aromatic nitrogens is 1. The van der Waals surface area contributed by atoms with Gasteiger partial charge in [0.2, 0.25) is 0 Å². The van der Waals surface area contributed by atoms with Crippen molar-refractivity contribution in [1.29, 1.82) is 0 Å². The Morgan fingerprint density at radius 1 is 1.06 bits per heavy atom. The van der Waals surface area contributed by atoms with Gasteiger partial charge in [0.15, 0.2) is 0 Å². The molecule has 3 atom stereocenters. The molecule has 1 aliphatic heterocycles. The third-order valence-electron chi connectivity index (χ3n) is 9.04. The van der Waals surface area contributed by atoms with Crippen LogP contribution in [0.15, 0.2) is 17.2 Å². The molecule has 0 spiro atoms. The van der Waals surface area contributed by atoms with Crippen LogP contribution in [0, 0.1) is 17.8 Å². The number of carbonyl (C=O) groups is 2. The summed E-state index contributed by atoms with van der Waals surface area (Å²) in [6.45, 7) is 0.679. The summed E-state index contributed by atoms with van der Waals surface area (Å²) in [6, 6.07) is 3.27. The highest BCUT2D eigenvalue weighted by molar-refractivity contribution is 7.99. The Bertz CT molecular complexity index is 965. The number of anilines is 1. The van der Waals surface area contributed by atoms with E-state index in [9.17, 15) is 19.8 Å². The first-order valence-electron chi connectivity index (χ1n) is 13.1. The van der Waals surface area contributed by atoms with Crippen molar-refractivity contribution in [2.75, 3.05) is 11.4 Å². The molecular formula is C26H35N3O4S. The van der Waals surface area contributed by atoms with Gasteiger partial charge >= 0.3 is 5.97 Å². The molecule has 4 bridgehead atoms. The van der Waals surface area contributed by atoms with Gasteiger partial charge in [0, 0.05) is 17.8 Å². The van der Waals surface area contributed by atoms with Crippen molar-refractivity contribution in [2.45, 2.75) is 98.6 Å². The van der Waals surface area contributed by atoms with E-state index < -0.39 is 17.6 Å². The van der Waals surface area contributed by atoms with Gasteiger partial charge in [-0.1, -0.05) is 12.8 Å². The molecule has 5 saturated carbocycles. The quantitative estimate of drug-likeness (QED) is 0.563. The van der Waals surface area contributed by atoms with Crippen LogP contribution in [-0.4, -0.2) is 56.6 Å². The number of rotatable bonds is 6. The molecule has 8 heteroatoms. The lowest BCUT2D eigenvalue weighted by Gasteiger charge is -2.58. The fourth-order valence-corrected chi connectivity index (χ4v) is 9.08. The Balaban J connectivity index is 1.25. The van der Waals surface area contributed by atoms with Gasteiger partial charge in [-0.15, -0.1) is 11.8 Å². The maximum absolute atomic E-state index is 13.6. The SMILES string of the molecule is O=C(N[C@H]1C2CC3CC1C[C@@](O)(C3)C2)c1ccc(N2CCC[C@H]2C(=O)O)nc1SC1CCCC1. The van der Waals surface area contributed by atoms with Crippen LogP contribution < -0.4 is 10.2 Å². The molecule has 1 aromatic heterocycles. The largest absolute Gasteiger partial charge is 0.480 e. The number of pyridine rings is 1. The number of carbonyl (C=O) groups excluding carboxylic acids is 1. The van der Waals surface area contributed by atoms with Gasteiger partial charge in [-0.25, -0.2) is 9.78 Å². The topological polar surface area (TPSA) is 103 Å². The van der Waals surface area contributed by atoms with E-state index in [4.69, 9.17) is 4.98 Å². The number of thioether (sulfide) groups is 1. The first-order chi connectivity index (χ1) is 16.4. The van der Waals surface area contributed by atoms with E-state index >= 15 is 0 Å². The van der Waals surface area contributed by atoms with Gasteiger partial charge in [-0.3, -0.25) is 4.79 Å². The van der Waals surface area contributed by atoms with Gasteiger partial charge in [-0.2, -0.15) is 0 Å². The van der Waals surface area contributed by atoms with Crippen molar-refractivity contribution < 1.29 is 19.8 Å². The molecule has 2 unspecified atom stereocenters. The first kappa shape index (κ1) is 22.7. The van der Waals surface area contributed by atoms with E-state index in [2.05, 4.69) is 5.32 Å². The Kier molecular flexibility index (Phi) is 5.79. The molecular weight excluding hydrogens is 450 g/mol. The number of hydrogen-bond donors (Lipinski definition) is 3. The summed E-state index contributed by atoms with van der Waals surface area (Å²) < 4.78 is 0. The van der Waals surface area contributed by atoms with Gasteiger partial charge in [0.05, 0.1) is 11.2 Å². The summed E-state index contributed by atoms with van der Waals surface area (Å²) in [5.41, 5.74) is 0.0973. The predicted molar refractivity (Wildman–Crippen MR) is 130 cm³/mol. The number of hydrogen-bond acceptors (Lipinski definition) is 6. The molecule has 1 aromatic rings. The molecule has 0 aromatic carbocycles. The molecule has 0 radical (unpaired) electrons. The molecule has 3 N–H and O–H groups in total. The lowest BCUT2D eigenvalue weighted by molar-refractivity contribution is -0.138. The fraction of sp³-hybridized carbons (Fsp3) is 0.731. The molecule has 6 fully saturated rings. The molecule has 6 aliphatic rings. The van der Waals surface area contributed by atoms with Crippen molar-refractivity contribution in [3.05, 3.63) is 17.7 Å². The van der Waals surface area contributed by atoms with Crippen LogP contribution >= 0.6 is 11.8 Å². The van der Waals surface area contributed by atoms with Crippen molar-refractivity contribution in [1.82, 2.24) is 10.3 Å². The van der Waals surface area contributed by atoms with Crippen LogP contribution in [0.2, 0.25) is 0 Å². The fourth-order valence-electron chi connectivity index (χ4n) is 7.76. The zero-order valence-electron chi connectivity index (χ0n) is 19.6. The van der Waals surface area contributed by atoms with Gasteiger partial charge < -0.3 is 20.4 Å². The van der Waals surface area contributed by atoms with Crippen molar-refractivity contribution in [3.8, 4) is 0 Å². The number of carboxylic acids is 1. The molecule has 7 rings (SSSR count). The minimum atomic E-state index is -0.811. The first-order valence-corrected chi connectivity index (χ1v) is 14.0. The minimum Gasteiger partial charge on any atom is -0.480 e. The number of nitrogens with zero attached hydrogens (tertiary/aromatic N) is 2. The number of carboxylic acid groups (broad SMARTS) is 1. The Hall–Kier alpha value is -1.80. The second kappa shape index (κ2) is 8.70. The summed E-state index contributed by atoms with van der Waals surface area (Å²) >= 11 is 1.69. The predicted octanol–water partition coefficient (Wildman–Crippen LogP) is 3.84. The summed E-state index contributed by atoms with van der Waals surface area (Å²) in [7, 11) is 0. The number of aliphatic carboxylic acids is 1. The van der Waals surface area contributed by atoms with Crippen LogP contribution in [0.1, 0.15) is 81.0 Å². The average Bonchev–Trinajstić information content (AvgIpc) is 3.47. The third-order valence-corrected chi connectivity index (χ3v) is 10.4. The maximum Gasteiger partial charge on any atom is 0.326 e. The van der Waals surface area contributed by atoms with Gasteiger partial charge in [0.25, 0.3) is 5.91 Å². The van der Waals surface area contributed by atoms with E-state index in [1.54, 1.807) is 11.8 Å². The summed E-state index contributed by atoms with van der Waals surface area (Å²) in [5.74, 6) is 1.11. The smallest absolute Gasteiger partial charge is 0.326 e. The zero-order chi connectivity index (χ0) is 23.4. The lowest BCUT2D eigenvalue weighted by atomic mass is 9.52. The summed E-state index contributed by atoms with van der Waals surface area (Å²) in [4.78, 5) is 32.1. The zero-order valence-corrected chi connectivity index (χ0v) is 20.4. The standard InChI is InChI=1S/C26H35N3O4S/c30-23(28-22-16-10-15-11-17(22)14-26(33,12-15)13-16)19-7-8-21(29-9-3-6-20(29)25(31)32)27-24(19)34-18-4-1-2-5-18/h7-8,15-18,20,22,33H,1-6,9-14H2,(H,28,30)(H,31,32)/t15?,16?,17?,20-,22-,26+/m0/s1. The van der Waals surface area contributed by atoms with Crippen LogP contribution in [0.5, 0.6) is 0 Å². The van der Waals surface area contributed by atoms with Crippen LogP contribution in [0.3, 0.4) is 0 Å². The van der Waals surface area contributed by atoms with E-state index in [1.807, 2.05) is 17.0 Å². The van der Waals surface area contributed by atoms with E-state index in [-0.39, 0.29) is 11.9 Å². The molecule has 2 heterocycles. The summed E-state index contributed by atoms with van der Waals surface area (Å²) in [5, 5.41) is 25.1. The highest BCUT2D eigenvalue weighted by atomic mass is 32.2. The normalized spacial score (nSPS) is 36.9. The molecule has 1 amide bonds. The van der Waals surface area contributed by atoms with Crippen LogP contribution in [0.4, 0.5) is 5.82 Å². The average molecular weight is 486 g/mol. The monoisotopic (exact) mass is 485 g/mol. The highest BCUT2D eigenvalue weighted by Crippen LogP contribution is 2.55. The number of amides is 1. The minimum absolute atomic E-state index is 0.0692. The van der Waals surface area contributed by atoms with Crippen LogP contribution in [0.25, 0.3) is 0 Å². The van der Waals surface area contributed by atoms with Gasteiger partial charge in [-0.05, 0) is 87.7 Å². The van der Waals surface area contributed by atoms with Crippen molar-refractivity contribution in [2.24, 2.45) is 17.8 Å². The van der Waals surface area contributed by atoms with E-state index in [0.717, 1.165) is 56.4 Å². The number of nitrogens with one attached hydrogen (secondary N) is 1. The Labute approximate surface area is 205 Å². The van der Waals surface area contributed by atoms with E-state index in [0.29, 0.717) is 47.4 Å². The van der Waals surface area contributed by atoms with Crippen LogP contribution in [-0.2, 0) is 4.79 Å². The number of aliphatic hydroxyl groups is 1. The molecule has 1 saturated heterocycles.